The smallest absolute Gasteiger partial charge is 0.302 e. The molecule has 0 aromatic carbocycles. The molecule has 25 heavy (non-hydrogen) atoms. The number of fused-ring (bicyclic) bond motifs is 5. The molecular formula is C21H31NO3. The van der Waals surface area contributed by atoms with E-state index in [0.717, 1.165) is 38.5 Å². The predicted molar refractivity (Wildman–Crippen MR) is 95.7 cm³/mol. The highest BCUT2D eigenvalue weighted by molar-refractivity contribution is 5.77. The third-order valence-corrected chi connectivity index (χ3v) is 7.89. The lowest BCUT2D eigenvalue weighted by atomic mass is 9.48. The molecule has 0 aromatic heterocycles. The van der Waals surface area contributed by atoms with Gasteiger partial charge in [0.15, 0.2) is 0 Å². The summed E-state index contributed by atoms with van der Waals surface area (Å²) in [5.41, 5.74) is 1.77. The van der Waals surface area contributed by atoms with Gasteiger partial charge in [0.05, 0.1) is 0 Å². The SMILES string of the molecule is CC(=O)O[C@H]1CC[C@@]2(C)C(=CC[C@H]3[C@H]4CCC(=O)N[C@]4(C)CC[C@H]32)C1. The van der Waals surface area contributed by atoms with Crippen LogP contribution in [-0.2, 0) is 14.3 Å². The van der Waals surface area contributed by atoms with E-state index in [4.69, 9.17) is 4.74 Å². The lowest BCUT2D eigenvalue weighted by Gasteiger charge is -2.59. The van der Waals surface area contributed by atoms with Gasteiger partial charge in [-0.05, 0) is 68.6 Å². The zero-order chi connectivity index (χ0) is 17.8. The van der Waals surface area contributed by atoms with Crippen molar-refractivity contribution in [3.63, 3.8) is 0 Å². The first-order valence-corrected chi connectivity index (χ1v) is 9.99. The molecule has 4 nitrogen and oxygen atoms in total. The number of amides is 1. The number of allylic oxidation sites excluding steroid dienone is 1. The molecule has 3 fully saturated rings. The fraction of sp³-hybridized carbons (Fsp3) is 0.810. The highest BCUT2D eigenvalue weighted by Gasteiger charge is 2.56. The van der Waals surface area contributed by atoms with E-state index in [1.165, 1.54) is 18.9 Å². The number of carbonyl (C=O) groups is 2. The maximum atomic E-state index is 11.9. The topological polar surface area (TPSA) is 55.4 Å². The summed E-state index contributed by atoms with van der Waals surface area (Å²) in [6.07, 6.45) is 10.7. The van der Waals surface area contributed by atoms with Crippen molar-refractivity contribution in [2.24, 2.45) is 23.2 Å². The number of hydrogen-bond donors (Lipinski definition) is 1. The summed E-state index contributed by atoms with van der Waals surface area (Å²) in [7, 11) is 0. The Bertz CT molecular complexity index is 627. The van der Waals surface area contributed by atoms with Gasteiger partial charge in [0.2, 0.25) is 5.91 Å². The van der Waals surface area contributed by atoms with Crippen molar-refractivity contribution in [2.75, 3.05) is 0 Å². The van der Waals surface area contributed by atoms with Crippen molar-refractivity contribution in [1.82, 2.24) is 5.32 Å². The van der Waals surface area contributed by atoms with E-state index in [9.17, 15) is 9.59 Å². The van der Waals surface area contributed by atoms with Gasteiger partial charge >= 0.3 is 5.97 Å². The molecule has 6 atom stereocenters. The number of ether oxygens (including phenoxy) is 1. The van der Waals surface area contributed by atoms with E-state index in [1.54, 1.807) is 0 Å². The zero-order valence-electron chi connectivity index (χ0n) is 15.8. The number of nitrogens with one attached hydrogen (secondary N) is 1. The van der Waals surface area contributed by atoms with Gasteiger partial charge in [0.25, 0.3) is 0 Å². The number of piperidine rings is 1. The van der Waals surface area contributed by atoms with Crippen LogP contribution < -0.4 is 5.32 Å². The fourth-order valence-electron chi connectivity index (χ4n) is 6.64. The summed E-state index contributed by atoms with van der Waals surface area (Å²) in [4.78, 5) is 23.3. The minimum atomic E-state index is -0.158. The van der Waals surface area contributed by atoms with Gasteiger partial charge in [-0.25, -0.2) is 0 Å². The van der Waals surface area contributed by atoms with Crippen LogP contribution in [0.25, 0.3) is 0 Å². The normalized spacial score (nSPS) is 46.0. The van der Waals surface area contributed by atoms with Gasteiger partial charge in [0.1, 0.15) is 6.10 Å². The molecule has 138 valence electrons. The molecule has 2 saturated carbocycles. The van der Waals surface area contributed by atoms with Gasteiger partial charge in [-0.1, -0.05) is 18.6 Å². The largest absolute Gasteiger partial charge is 0.462 e. The summed E-state index contributed by atoms with van der Waals surface area (Å²) in [5, 5.41) is 3.32. The standard InChI is InChI=1S/C21H31NO3/c1-13(23)25-15-8-10-20(2)14(12-15)4-5-16-17(20)9-11-21(3)18(16)6-7-19(24)22-21/h4,15-18H,5-12H2,1-3H3,(H,22,24)/t15-,16+,17+,18+,20-,21+/m0/s1. The van der Waals surface area contributed by atoms with Crippen LogP contribution in [0.2, 0.25) is 0 Å². The first kappa shape index (κ1) is 17.1. The molecule has 0 aromatic rings. The maximum absolute atomic E-state index is 11.9. The van der Waals surface area contributed by atoms with E-state index in [-0.39, 0.29) is 28.9 Å². The average molecular weight is 345 g/mol. The second-order valence-electron chi connectivity index (χ2n) is 9.28. The minimum Gasteiger partial charge on any atom is -0.462 e. The molecule has 1 amide bonds. The molecule has 4 aliphatic rings. The zero-order valence-corrected chi connectivity index (χ0v) is 15.8. The second kappa shape index (κ2) is 5.85. The molecule has 0 bridgehead atoms. The summed E-state index contributed by atoms with van der Waals surface area (Å²) in [6.45, 7) is 6.23. The second-order valence-corrected chi connectivity index (χ2v) is 9.28. The van der Waals surface area contributed by atoms with Crippen LogP contribution in [0.1, 0.15) is 72.1 Å². The van der Waals surface area contributed by atoms with Crippen LogP contribution in [0.3, 0.4) is 0 Å². The van der Waals surface area contributed by atoms with Gasteiger partial charge in [-0.15, -0.1) is 0 Å². The molecule has 0 radical (unpaired) electrons. The molecule has 0 unspecified atom stereocenters. The monoisotopic (exact) mass is 345 g/mol. The third kappa shape index (κ3) is 2.72. The Labute approximate surface area is 150 Å². The summed E-state index contributed by atoms with van der Waals surface area (Å²) in [6, 6.07) is 0. The van der Waals surface area contributed by atoms with Crippen LogP contribution in [0, 0.1) is 23.2 Å². The third-order valence-electron chi connectivity index (χ3n) is 7.89. The molecule has 1 N–H and O–H groups in total. The molecule has 1 aliphatic heterocycles. The van der Waals surface area contributed by atoms with Crippen molar-refractivity contribution in [3.8, 4) is 0 Å². The van der Waals surface area contributed by atoms with Crippen LogP contribution in [0.15, 0.2) is 11.6 Å². The van der Waals surface area contributed by atoms with E-state index in [1.807, 2.05) is 0 Å². The number of hydrogen-bond acceptors (Lipinski definition) is 3. The van der Waals surface area contributed by atoms with Gasteiger partial charge in [-0.2, -0.15) is 0 Å². The van der Waals surface area contributed by atoms with Crippen molar-refractivity contribution >= 4 is 11.9 Å². The molecule has 1 heterocycles. The minimum absolute atomic E-state index is 0.00680. The Morgan fingerprint density at radius 3 is 2.76 bits per heavy atom. The molecule has 4 heteroatoms. The first-order chi connectivity index (χ1) is 11.8. The van der Waals surface area contributed by atoms with Crippen LogP contribution in [0.5, 0.6) is 0 Å². The summed E-state index contributed by atoms with van der Waals surface area (Å²) >= 11 is 0. The van der Waals surface area contributed by atoms with E-state index < -0.39 is 0 Å². The molecule has 1 saturated heterocycles. The fourth-order valence-corrected chi connectivity index (χ4v) is 6.64. The van der Waals surface area contributed by atoms with Crippen LogP contribution in [0.4, 0.5) is 0 Å². The number of carbonyl (C=O) groups excluding carboxylic acids is 2. The Hall–Kier alpha value is -1.32. The Kier molecular flexibility index (Phi) is 4.01. The summed E-state index contributed by atoms with van der Waals surface area (Å²) in [5.74, 6) is 2.06. The predicted octanol–water partition coefficient (Wildman–Crippen LogP) is 3.75. The lowest BCUT2D eigenvalue weighted by Crippen LogP contribution is -2.62. The van der Waals surface area contributed by atoms with Gasteiger partial charge in [-0.3, -0.25) is 9.59 Å². The Morgan fingerprint density at radius 1 is 1.20 bits per heavy atom. The van der Waals surface area contributed by atoms with Crippen molar-refractivity contribution in [3.05, 3.63) is 11.6 Å². The van der Waals surface area contributed by atoms with Gasteiger partial charge < -0.3 is 10.1 Å². The van der Waals surface area contributed by atoms with Crippen LogP contribution >= 0.6 is 0 Å². The molecule has 0 spiro atoms. The number of esters is 1. The van der Waals surface area contributed by atoms with Gasteiger partial charge in [0, 0.05) is 25.3 Å². The first-order valence-electron chi connectivity index (χ1n) is 9.99. The van der Waals surface area contributed by atoms with Crippen molar-refractivity contribution < 1.29 is 14.3 Å². The van der Waals surface area contributed by atoms with Crippen LogP contribution in [-0.4, -0.2) is 23.5 Å². The Morgan fingerprint density at radius 2 is 2.00 bits per heavy atom. The van der Waals surface area contributed by atoms with E-state index >= 15 is 0 Å². The number of rotatable bonds is 1. The summed E-state index contributed by atoms with van der Waals surface area (Å²) < 4.78 is 5.51. The van der Waals surface area contributed by atoms with E-state index in [0.29, 0.717) is 24.2 Å². The molecule has 4 rings (SSSR count). The van der Waals surface area contributed by atoms with E-state index in [2.05, 4.69) is 25.2 Å². The quantitative estimate of drug-likeness (QED) is 0.582. The Balaban J connectivity index is 1.58. The van der Waals surface area contributed by atoms with Crippen molar-refractivity contribution in [1.29, 1.82) is 0 Å². The average Bonchev–Trinajstić information content (AvgIpc) is 2.53. The highest BCUT2D eigenvalue weighted by Crippen LogP contribution is 2.60. The maximum Gasteiger partial charge on any atom is 0.302 e. The lowest BCUT2D eigenvalue weighted by molar-refractivity contribution is -0.149. The highest BCUT2D eigenvalue weighted by atomic mass is 16.5. The molecule has 3 aliphatic carbocycles. The molecular weight excluding hydrogens is 314 g/mol. The van der Waals surface area contributed by atoms with Crippen molar-refractivity contribution in [2.45, 2.75) is 83.8 Å².